The van der Waals surface area contributed by atoms with E-state index >= 15 is 0 Å². The van der Waals surface area contributed by atoms with Crippen LogP contribution in [0.3, 0.4) is 0 Å². The molecule has 0 bridgehead atoms. The minimum absolute atomic E-state index is 0.201. The van der Waals surface area contributed by atoms with Crippen LogP contribution in [0.25, 0.3) is 11.1 Å². The number of pyridine rings is 1. The summed E-state index contributed by atoms with van der Waals surface area (Å²) in [7, 11) is 0. The Balaban J connectivity index is 1.15. The molecule has 6 rings (SSSR count). The Kier molecular flexibility index (Phi) is 12.4. The number of rotatable bonds is 16. The summed E-state index contributed by atoms with van der Waals surface area (Å²) < 4.78 is 23.9. The van der Waals surface area contributed by atoms with Crippen molar-refractivity contribution in [1.29, 1.82) is 5.26 Å². The van der Waals surface area contributed by atoms with Gasteiger partial charge in [0.05, 0.1) is 29.8 Å². The summed E-state index contributed by atoms with van der Waals surface area (Å²) >= 11 is 6.80. The van der Waals surface area contributed by atoms with E-state index < -0.39 is 0 Å². The first kappa shape index (κ1) is 36.8. The van der Waals surface area contributed by atoms with Crippen molar-refractivity contribution in [3.8, 4) is 34.4 Å². The molecule has 3 heterocycles. The van der Waals surface area contributed by atoms with Gasteiger partial charge in [-0.2, -0.15) is 10.2 Å². The maximum absolute atomic E-state index is 9.79. The number of aliphatic hydroxyl groups is 1. The molecule has 0 radical (unpaired) electrons. The van der Waals surface area contributed by atoms with E-state index in [1.54, 1.807) is 25.3 Å². The second-order valence-corrected chi connectivity index (χ2v) is 13.4. The summed E-state index contributed by atoms with van der Waals surface area (Å²) in [5.74, 6) is 2.98. The molecule has 52 heavy (non-hydrogen) atoms. The summed E-state index contributed by atoms with van der Waals surface area (Å²) in [5.41, 5.74) is 7.46. The smallest absolute Gasteiger partial charge is 0.223 e. The largest absolute Gasteiger partial charge is 0.493 e. The third-order valence-corrected chi connectivity index (χ3v) is 9.42. The van der Waals surface area contributed by atoms with Crippen molar-refractivity contribution in [3.05, 3.63) is 117 Å². The van der Waals surface area contributed by atoms with Crippen molar-refractivity contribution >= 4 is 11.6 Å². The summed E-state index contributed by atoms with van der Waals surface area (Å²) in [4.78, 5) is 10.7. The fourth-order valence-corrected chi connectivity index (χ4v) is 6.55. The highest BCUT2D eigenvalue weighted by Gasteiger charge is 2.20. The highest BCUT2D eigenvalue weighted by molar-refractivity contribution is 6.32. The van der Waals surface area contributed by atoms with E-state index in [4.69, 9.17) is 30.3 Å². The predicted octanol–water partition coefficient (Wildman–Crippen LogP) is 6.87. The highest BCUT2D eigenvalue weighted by atomic mass is 35.5. The number of aromatic nitrogens is 3. The van der Waals surface area contributed by atoms with Crippen molar-refractivity contribution in [3.63, 3.8) is 0 Å². The molecule has 1 aliphatic heterocycles. The van der Waals surface area contributed by atoms with Gasteiger partial charge in [0.2, 0.25) is 5.89 Å². The van der Waals surface area contributed by atoms with Crippen LogP contribution in [0.4, 0.5) is 0 Å². The number of nitrogens with one attached hydrogen (secondary N) is 1. The zero-order valence-electron chi connectivity index (χ0n) is 29.7. The Morgan fingerprint density at radius 1 is 0.942 bits per heavy atom. The Morgan fingerprint density at radius 3 is 2.52 bits per heavy atom. The van der Waals surface area contributed by atoms with Crippen LogP contribution in [0.5, 0.6) is 17.2 Å². The maximum Gasteiger partial charge on any atom is 0.223 e. The molecule has 2 N–H and O–H groups in total. The standard InChI is InChI=1S/C40H43ClN6O5/c1-26-31(7-4-8-34(26)35-9-5-10-37(27(35)2)49-14-6-12-47-13-11-33(48)23-47)25-51-39-17-38(50-24-30-15-29(18-42)19-43-20-30)32(16-36(39)41)21-44-22-40-45-28(3)52-46-40/h4-5,7-10,15-17,19-20,33,44,48H,6,11-14,21-25H2,1-3H3/t33-/m1/s1. The molecular weight excluding hydrogens is 680 g/mol. The Hall–Kier alpha value is -4.99. The quantitative estimate of drug-likeness (QED) is 0.103. The van der Waals surface area contributed by atoms with E-state index in [2.05, 4.69) is 63.5 Å². The summed E-state index contributed by atoms with van der Waals surface area (Å²) in [5, 5.41) is 26.8. The molecule has 0 amide bonds. The fraction of sp³-hybridized carbons (Fsp3) is 0.350. The average molecular weight is 723 g/mol. The van der Waals surface area contributed by atoms with Gasteiger partial charge in [-0.3, -0.25) is 4.98 Å². The van der Waals surface area contributed by atoms with E-state index in [0.717, 1.165) is 77.2 Å². The van der Waals surface area contributed by atoms with Gasteiger partial charge in [-0.1, -0.05) is 47.1 Å². The molecule has 12 heteroatoms. The molecule has 0 spiro atoms. The van der Waals surface area contributed by atoms with Crippen LogP contribution < -0.4 is 19.5 Å². The zero-order valence-corrected chi connectivity index (χ0v) is 30.4. The summed E-state index contributed by atoms with van der Waals surface area (Å²) in [6.45, 7) is 10.5. The first-order valence-electron chi connectivity index (χ1n) is 17.4. The molecule has 5 aromatic rings. The first-order chi connectivity index (χ1) is 25.3. The molecule has 0 aliphatic carbocycles. The lowest BCUT2D eigenvalue weighted by Crippen LogP contribution is -2.24. The number of β-amino-alcohol motifs (C(OH)–C–C–N with tert-alkyl or cyclic N) is 1. The molecule has 2 aromatic heterocycles. The van der Waals surface area contributed by atoms with Crippen molar-refractivity contribution < 1.29 is 23.8 Å². The lowest BCUT2D eigenvalue weighted by molar-refractivity contribution is 0.173. The molecule has 270 valence electrons. The van der Waals surface area contributed by atoms with Crippen LogP contribution in [0.15, 0.2) is 71.5 Å². The van der Waals surface area contributed by atoms with Gasteiger partial charge in [0.25, 0.3) is 0 Å². The van der Waals surface area contributed by atoms with Gasteiger partial charge in [0, 0.05) is 62.7 Å². The lowest BCUT2D eigenvalue weighted by atomic mass is 9.93. The molecule has 0 saturated carbocycles. The van der Waals surface area contributed by atoms with Crippen molar-refractivity contribution in [2.75, 3.05) is 26.2 Å². The van der Waals surface area contributed by atoms with E-state index in [-0.39, 0.29) is 12.7 Å². The van der Waals surface area contributed by atoms with Crippen LogP contribution in [-0.4, -0.2) is 57.5 Å². The van der Waals surface area contributed by atoms with E-state index in [9.17, 15) is 10.4 Å². The second-order valence-electron chi connectivity index (χ2n) is 13.0. The minimum atomic E-state index is -0.205. The minimum Gasteiger partial charge on any atom is -0.493 e. The van der Waals surface area contributed by atoms with Crippen LogP contribution in [0.2, 0.25) is 5.02 Å². The van der Waals surface area contributed by atoms with Gasteiger partial charge in [-0.15, -0.1) is 0 Å². The second kappa shape index (κ2) is 17.5. The number of hydrogen-bond acceptors (Lipinski definition) is 11. The summed E-state index contributed by atoms with van der Waals surface area (Å²) in [6.07, 6.45) is 4.73. The molecule has 1 atom stereocenters. The predicted molar refractivity (Wildman–Crippen MR) is 197 cm³/mol. The van der Waals surface area contributed by atoms with Gasteiger partial charge < -0.3 is 34.1 Å². The van der Waals surface area contributed by atoms with Gasteiger partial charge in [-0.25, -0.2) is 0 Å². The number of benzene rings is 3. The lowest BCUT2D eigenvalue weighted by Gasteiger charge is -2.19. The Morgan fingerprint density at radius 2 is 1.75 bits per heavy atom. The van der Waals surface area contributed by atoms with E-state index in [0.29, 0.717) is 60.1 Å². The fourth-order valence-electron chi connectivity index (χ4n) is 6.31. The first-order valence-corrected chi connectivity index (χ1v) is 17.8. The Labute approximate surface area is 309 Å². The topological polar surface area (TPSA) is 139 Å². The molecule has 1 aliphatic rings. The number of nitriles is 1. The number of ether oxygens (including phenoxy) is 3. The van der Waals surface area contributed by atoms with Crippen molar-refractivity contribution in [2.24, 2.45) is 0 Å². The maximum atomic E-state index is 9.79. The third kappa shape index (κ3) is 9.46. The number of likely N-dealkylation sites (tertiary alicyclic amines) is 1. The monoisotopic (exact) mass is 722 g/mol. The van der Waals surface area contributed by atoms with Crippen molar-refractivity contribution in [2.45, 2.75) is 66.0 Å². The number of halogens is 1. The number of hydrogen-bond donors (Lipinski definition) is 2. The number of aliphatic hydroxyl groups excluding tert-OH is 1. The molecule has 1 saturated heterocycles. The zero-order chi connectivity index (χ0) is 36.5. The van der Waals surface area contributed by atoms with Crippen LogP contribution in [0, 0.1) is 32.1 Å². The number of aryl methyl sites for hydroxylation is 1. The van der Waals surface area contributed by atoms with E-state index in [1.165, 1.54) is 6.20 Å². The Bertz CT molecular complexity index is 2030. The van der Waals surface area contributed by atoms with Gasteiger partial charge >= 0.3 is 0 Å². The summed E-state index contributed by atoms with van der Waals surface area (Å²) in [6, 6.07) is 19.9. The molecule has 11 nitrogen and oxygen atoms in total. The van der Waals surface area contributed by atoms with E-state index in [1.807, 2.05) is 24.3 Å². The van der Waals surface area contributed by atoms with Gasteiger partial charge in [-0.05, 0) is 72.7 Å². The van der Waals surface area contributed by atoms with Crippen LogP contribution >= 0.6 is 11.6 Å². The van der Waals surface area contributed by atoms with Gasteiger partial charge in [0.15, 0.2) is 5.82 Å². The number of nitrogens with zero attached hydrogens (tertiary/aromatic N) is 5. The molecular formula is C40H43ClN6O5. The highest BCUT2D eigenvalue weighted by Crippen LogP contribution is 2.36. The molecule has 0 unspecified atom stereocenters. The van der Waals surface area contributed by atoms with Crippen LogP contribution in [0.1, 0.15) is 57.9 Å². The normalized spacial score (nSPS) is 14.3. The van der Waals surface area contributed by atoms with Gasteiger partial charge in [0.1, 0.15) is 36.5 Å². The molecule has 3 aromatic carbocycles. The third-order valence-electron chi connectivity index (χ3n) is 9.13. The van der Waals surface area contributed by atoms with Crippen molar-refractivity contribution in [1.82, 2.24) is 25.3 Å². The SMILES string of the molecule is Cc1nc(CNCc2cc(Cl)c(OCc3cccc(-c4cccc(OCCCN5CC[C@@H](O)C5)c4C)c3C)cc2OCc2cncc(C#N)c2)no1. The van der Waals surface area contributed by atoms with Crippen LogP contribution in [-0.2, 0) is 26.3 Å². The average Bonchev–Trinajstić information content (AvgIpc) is 3.77. The molecule has 1 fully saturated rings.